The molecule has 1 heterocycles. The Labute approximate surface area is 178 Å². The fraction of sp³-hybridized carbons (Fsp3) is 0.238. The van der Waals surface area contributed by atoms with E-state index in [0.29, 0.717) is 10.6 Å². The van der Waals surface area contributed by atoms with Crippen LogP contribution in [0, 0.1) is 3.57 Å². The van der Waals surface area contributed by atoms with E-state index in [2.05, 4.69) is 71.9 Å². The number of benzene rings is 2. The number of carbonyl (C=O) groups excluding carboxylic acids is 1. The number of carbonyl (C=O) groups is 1. The van der Waals surface area contributed by atoms with Crippen molar-refractivity contribution in [2.45, 2.75) is 26.3 Å². The summed E-state index contributed by atoms with van der Waals surface area (Å²) >= 11 is 8.64. The molecule has 27 heavy (non-hydrogen) atoms. The van der Waals surface area contributed by atoms with Gasteiger partial charge >= 0.3 is 0 Å². The highest BCUT2D eigenvalue weighted by molar-refractivity contribution is 14.1. The lowest BCUT2D eigenvalue weighted by Crippen LogP contribution is -2.42. The fourth-order valence-corrected chi connectivity index (χ4v) is 3.89. The third-order valence-corrected chi connectivity index (χ3v) is 5.79. The molecule has 4 nitrogen and oxygen atoms in total. The van der Waals surface area contributed by atoms with Crippen molar-refractivity contribution in [3.63, 3.8) is 0 Å². The zero-order chi connectivity index (χ0) is 19.8. The molecule has 1 aliphatic heterocycles. The van der Waals surface area contributed by atoms with Crippen molar-refractivity contribution in [1.29, 1.82) is 0 Å². The highest BCUT2D eigenvalue weighted by Gasteiger charge is 2.29. The van der Waals surface area contributed by atoms with Gasteiger partial charge in [0.25, 0.3) is 5.91 Å². The maximum absolute atomic E-state index is 12.2. The number of anilines is 1. The van der Waals surface area contributed by atoms with Gasteiger partial charge in [0.1, 0.15) is 0 Å². The van der Waals surface area contributed by atoms with Gasteiger partial charge in [0.15, 0.2) is 0 Å². The van der Waals surface area contributed by atoms with Crippen LogP contribution in [0.1, 0.15) is 42.3 Å². The first-order valence-electron chi connectivity index (χ1n) is 8.55. The summed E-state index contributed by atoms with van der Waals surface area (Å²) in [6, 6.07) is 11.3. The molecule has 140 valence electrons. The molecule has 2 aromatic rings. The molecule has 0 saturated carbocycles. The molecule has 1 aliphatic rings. The van der Waals surface area contributed by atoms with Crippen LogP contribution >= 0.6 is 34.2 Å². The van der Waals surface area contributed by atoms with Gasteiger partial charge in [-0.25, -0.2) is 5.43 Å². The first kappa shape index (κ1) is 19.9. The fourth-order valence-electron chi connectivity index (χ4n) is 3.14. The van der Waals surface area contributed by atoms with Crippen molar-refractivity contribution in [1.82, 2.24) is 5.43 Å². The van der Waals surface area contributed by atoms with Crippen LogP contribution in [0.4, 0.5) is 5.69 Å². The maximum Gasteiger partial charge on any atom is 0.271 e. The molecular formula is C21H21ClIN3O. The van der Waals surface area contributed by atoms with E-state index in [9.17, 15) is 4.79 Å². The van der Waals surface area contributed by atoms with Gasteiger partial charge in [-0.15, -0.1) is 0 Å². The lowest BCUT2D eigenvalue weighted by Gasteiger charge is -2.40. The van der Waals surface area contributed by atoms with Gasteiger partial charge < -0.3 is 4.90 Å². The van der Waals surface area contributed by atoms with Gasteiger partial charge in [0, 0.05) is 33.0 Å². The molecule has 0 radical (unpaired) electrons. The van der Waals surface area contributed by atoms with E-state index in [1.165, 1.54) is 5.57 Å². The van der Waals surface area contributed by atoms with Crippen LogP contribution in [-0.4, -0.2) is 24.7 Å². The number of nitrogens with zero attached hydrogens (tertiary/aromatic N) is 2. The summed E-state index contributed by atoms with van der Waals surface area (Å²) in [6.07, 6.45) is 3.82. The molecule has 0 spiro atoms. The van der Waals surface area contributed by atoms with Crippen molar-refractivity contribution >= 4 is 57.6 Å². The van der Waals surface area contributed by atoms with Crippen molar-refractivity contribution in [2.75, 3.05) is 11.9 Å². The lowest BCUT2D eigenvalue weighted by molar-refractivity contribution is 0.0955. The van der Waals surface area contributed by atoms with Gasteiger partial charge in [-0.2, -0.15) is 5.10 Å². The third kappa shape index (κ3) is 4.19. The lowest BCUT2D eigenvalue weighted by atomic mass is 9.88. The molecule has 0 unspecified atom stereocenters. The summed E-state index contributed by atoms with van der Waals surface area (Å²) in [5.74, 6) is -0.253. The van der Waals surface area contributed by atoms with Gasteiger partial charge in [0.2, 0.25) is 0 Å². The highest BCUT2D eigenvalue weighted by Crippen LogP contribution is 2.40. The summed E-state index contributed by atoms with van der Waals surface area (Å²) in [5, 5.41) is 4.68. The van der Waals surface area contributed by atoms with Crippen molar-refractivity contribution in [3.8, 4) is 0 Å². The van der Waals surface area contributed by atoms with E-state index < -0.39 is 0 Å². The molecule has 0 fully saturated rings. The molecule has 1 amide bonds. The number of halogens is 2. The van der Waals surface area contributed by atoms with Crippen LogP contribution in [-0.2, 0) is 0 Å². The normalized spacial score (nSPS) is 15.5. The first-order chi connectivity index (χ1) is 12.7. The number of hydrogen-bond donors (Lipinski definition) is 1. The first-order valence-corrected chi connectivity index (χ1v) is 10.0. The predicted molar refractivity (Wildman–Crippen MR) is 122 cm³/mol. The molecule has 0 bridgehead atoms. The van der Waals surface area contributed by atoms with E-state index in [-0.39, 0.29) is 11.4 Å². The molecular weight excluding hydrogens is 473 g/mol. The minimum Gasteiger partial charge on any atom is -0.365 e. The van der Waals surface area contributed by atoms with Gasteiger partial charge in [-0.05, 0) is 79.3 Å². The van der Waals surface area contributed by atoms with E-state index in [4.69, 9.17) is 11.6 Å². The summed E-state index contributed by atoms with van der Waals surface area (Å²) in [5.41, 5.74) is 7.22. The monoisotopic (exact) mass is 493 g/mol. The van der Waals surface area contributed by atoms with E-state index >= 15 is 0 Å². The van der Waals surface area contributed by atoms with Gasteiger partial charge in [-0.1, -0.05) is 23.7 Å². The largest absolute Gasteiger partial charge is 0.365 e. The third-order valence-electron chi connectivity index (χ3n) is 4.79. The Balaban J connectivity index is 1.83. The number of rotatable bonds is 3. The smallest absolute Gasteiger partial charge is 0.271 e. The quantitative estimate of drug-likeness (QED) is 0.356. The summed E-state index contributed by atoms with van der Waals surface area (Å²) in [7, 11) is 2.06. The Kier molecular flexibility index (Phi) is 5.63. The average Bonchev–Trinajstić information content (AvgIpc) is 2.60. The predicted octanol–water partition coefficient (Wildman–Crippen LogP) is 5.34. The maximum atomic E-state index is 12.2. The Morgan fingerprint density at radius 3 is 2.74 bits per heavy atom. The Hall–Kier alpha value is -1.86. The van der Waals surface area contributed by atoms with Crippen LogP contribution in [0.5, 0.6) is 0 Å². The van der Waals surface area contributed by atoms with E-state index in [1.807, 2.05) is 30.3 Å². The standard InChI is InChI=1S/C21H21ClIN3O/c1-13-11-21(2,3)26(4)19-10-18(22)15(9-17(13)19)12-24-25-20(27)14-6-5-7-16(23)8-14/h5-12H,1-4H3,(H,25,27)/b24-12+. The van der Waals surface area contributed by atoms with Crippen molar-refractivity contribution < 1.29 is 4.79 Å². The minimum atomic E-state index is -0.253. The molecule has 0 aromatic heterocycles. The number of fused-ring (bicyclic) bond motifs is 1. The number of amides is 1. The van der Waals surface area contributed by atoms with Crippen LogP contribution in [0.2, 0.25) is 5.02 Å². The van der Waals surface area contributed by atoms with Crippen LogP contribution in [0.3, 0.4) is 0 Å². The van der Waals surface area contributed by atoms with Gasteiger partial charge in [0.05, 0.1) is 16.8 Å². The highest BCUT2D eigenvalue weighted by atomic mass is 127. The number of nitrogens with one attached hydrogen (secondary N) is 1. The Bertz CT molecular complexity index is 966. The van der Waals surface area contributed by atoms with Crippen molar-refractivity contribution in [2.24, 2.45) is 5.10 Å². The van der Waals surface area contributed by atoms with Crippen molar-refractivity contribution in [3.05, 3.63) is 67.8 Å². The molecule has 3 rings (SSSR count). The molecule has 0 saturated heterocycles. The number of hydrogen-bond acceptors (Lipinski definition) is 3. The number of likely N-dealkylation sites (N-methyl/N-ethyl adjacent to an activating group) is 1. The second-order valence-corrected chi connectivity index (χ2v) is 8.79. The molecule has 0 aliphatic carbocycles. The minimum absolute atomic E-state index is 0.0722. The number of allylic oxidation sites excluding steroid dienone is 1. The second kappa shape index (κ2) is 7.64. The topological polar surface area (TPSA) is 44.7 Å². The molecule has 6 heteroatoms. The molecule has 1 N–H and O–H groups in total. The van der Waals surface area contributed by atoms with E-state index in [1.54, 1.807) is 12.3 Å². The summed E-state index contributed by atoms with van der Waals surface area (Å²) < 4.78 is 0.997. The average molecular weight is 494 g/mol. The summed E-state index contributed by atoms with van der Waals surface area (Å²) in [4.78, 5) is 14.4. The number of hydrazone groups is 1. The molecule has 2 aromatic carbocycles. The van der Waals surface area contributed by atoms with Crippen LogP contribution in [0.15, 0.2) is 47.6 Å². The Morgan fingerprint density at radius 1 is 1.30 bits per heavy atom. The van der Waals surface area contributed by atoms with Gasteiger partial charge in [-0.3, -0.25) is 4.79 Å². The Morgan fingerprint density at radius 2 is 2.04 bits per heavy atom. The zero-order valence-electron chi connectivity index (χ0n) is 15.7. The SMILES string of the molecule is CC1=CC(C)(C)N(C)c2cc(Cl)c(/C=N/NC(=O)c3cccc(I)c3)cc21. The van der Waals surface area contributed by atoms with E-state index in [0.717, 1.165) is 20.4 Å². The molecule has 0 atom stereocenters. The zero-order valence-corrected chi connectivity index (χ0v) is 18.6. The second-order valence-electron chi connectivity index (χ2n) is 7.14. The van der Waals surface area contributed by atoms with Crippen LogP contribution < -0.4 is 10.3 Å². The van der Waals surface area contributed by atoms with Crippen LogP contribution in [0.25, 0.3) is 5.57 Å². The summed E-state index contributed by atoms with van der Waals surface area (Å²) in [6.45, 7) is 6.44.